The first-order valence-electron chi connectivity index (χ1n) is 6.20. The van der Waals surface area contributed by atoms with Crippen molar-refractivity contribution in [2.75, 3.05) is 0 Å². The summed E-state index contributed by atoms with van der Waals surface area (Å²) in [5.41, 5.74) is 1.46. The Hall–Kier alpha value is -1.15. The van der Waals surface area contributed by atoms with E-state index >= 15 is 0 Å². The van der Waals surface area contributed by atoms with E-state index in [-0.39, 0.29) is 5.41 Å². The summed E-state index contributed by atoms with van der Waals surface area (Å²) in [6.45, 7) is 8.56. The number of benzene rings is 1. The standard InChI is InChI=1S/C15H20OSi/c1-4-11-17(3)12-15(2,9-10-16)13-7-5-6-8-14(13)17/h4-8,10H,1,9,11-12H2,2-3H3/t15-,17?/m1/s1. The zero-order valence-electron chi connectivity index (χ0n) is 10.7. The molecule has 1 aliphatic heterocycles. The largest absolute Gasteiger partial charge is 0.303 e. The van der Waals surface area contributed by atoms with E-state index in [2.05, 4.69) is 50.4 Å². The third-order valence-corrected chi connectivity index (χ3v) is 8.62. The summed E-state index contributed by atoms with van der Waals surface area (Å²) in [7, 11) is -1.46. The molecule has 1 unspecified atom stereocenters. The maximum Gasteiger partial charge on any atom is 0.120 e. The maximum absolute atomic E-state index is 10.9. The monoisotopic (exact) mass is 244 g/mol. The molecule has 90 valence electrons. The van der Waals surface area contributed by atoms with E-state index in [9.17, 15) is 4.79 Å². The lowest BCUT2D eigenvalue weighted by Gasteiger charge is -2.26. The molecule has 0 fully saturated rings. The van der Waals surface area contributed by atoms with E-state index < -0.39 is 8.07 Å². The number of hydrogen-bond donors (Lipinski definition) is 0. The normalized spacial score (nSPS) is 30.9. The van der Waals surface area contributed by atoms with Crippen molar-refractivity contribution >= 4 is 19.5 Å². The van der Waals surface area contributed by atoms with Crippen molar-refractivity contribution in [2.45, 2.75) is 37.4 Å². The summed E-state index contributed by atoms with van der Waals surface area (Å²) >= 11 is 0. The Morgan fingerprint density at radius 1 is 1.47 bits per heavy atom. The first-order chi connectivity index (χ1) is 8.06. The van der Waals surface area contributed by atoms with Crippen molar-refractivity contribution in [1.29, 1.82) is 0 Å². The van der Waals surface area contributed by atoms with Gasteiger partial charge in [-0.05, 0) is 23.1 Å². The van der Waals surface area contributed by atoms with E-state index in [1.807, 2.05) is 0 Å². The highest BCUT2D eigenvalue weighted by Gasteiger charge is 2.47. The Morgan fingerprint density at radius 2 is 2.18 bits per heavy atom. The minimum atomic E-state index is -1.46. The van der Waals surface area contributed by atoms with Gasteiger partial charge in [0.1, 0.15) is 6.29 Å². The van der Waals surface area contributed by atoms with Crippen LogP contribution in [0.3, 0.4) is 0 Å². The Bertz CT molecular complexity index is 413. The first-order valence-corrected chi connectivity index (χ1v) is 9.12. The molecule has 0 aromatic heterocycles. The van der Waals surface area contributed by atoms with Crippen LogP contribution in [0.5, 0.6) is 0 Å². The van der Waals surface area contributed by atoms with Crippen LogP contribution >= 0.6 is 0 Å². The fourth-order valence-corrected chi connectivity index (χ4v) is 8.24. The molecular weight excluding hydrogens is 224 g/mol. The Labute approximate surface area is 105 Å². The third-order valence-electron chi connectivity index (χ3n) is 4.14. The number of aldehydes is 1. The topological polar surface area (TPSA) is 17.1 Å². The first kappa shape index (κ1) is 12.3. The zero-order valence-corrected chi connectivity index (χ0v) is 11.7. The molecule has 0 radical (unpaired) electrons. The highest BCUT2D eigenvalue weighted by molar-refractivity contribution is 6.92. The Kier molecular flexibility index (Phi) is 3.08. The lowest BCUT2D eigenvalue weighted by molar-refractivity contribution is -0.108. The number of rotatable bonds is 4. The number of carbonyl (C=O) groups is 1. The number of hydrogen-bond acceptors (Lipinski definition) is 1. The molecular formula is C15H20OSi. The van der Waals surface area contributed by atoms with Gasteiger partial charge in [-0.2, -0.15) is 0 Å². The molecule has 1 aliphatic rings. The SMILES string of the molecule is C=CC[Si]1(C)C[C@@](C)(CC=O)c2ccccc21. The molecule has 1 nitrogen and oxygen atoms in total. The van der Waals surface area contributed by atoms with Crippen molar-refractivity contribution in [3.63, 3.8) is 0 Å². The van der Waals surface area contributed by atoms with Gasteiger partial charge in [-0.1, -0.05) is 49.0 Å². The van der Waals surface area contributed by atoms with Gasteiger partial charge in [-0.3, -0.25) is 0 Å². The van der Waals surface area contributed by atoms with E-state index in [4.69, 9.17) is 0 Å². The second-order valence-corrected chi connectivity index (χ2v) is 10.1. The average molecular weight is 244 g/mol. The predicted molar refractivity (Wildman–Crippen MR) is 75.5 cm³/mol. The molecule has 0 amide bonds. The van der Waals surface area contributed by atoms with Crippen molar-refractivity contribution in [2.24, 2.45) is 0 Å². The Balaban J connectivity index is 2.53. The molecule has 1 aromatic carbocycles. The summed E-state index contributed by atoms with van der Waals surface area (Å²) in [5, 5.41) is 1.53. The van der Waals surface area contributed by atoms with E-state index in [1.54, 1.807) is 0 Å². The average Bonchev–Trinajstić information content (AvgIpc) is 2.50. The fourth-order valence-electron chi connectivity index (χ4n) is 3.45. The molecule has 0 saturated heterocycles. The van der Waals surface area contributed by atoms with Crippen LogP contribution in [0, 0.1) is 0 Å². The number of carbonyl (C=O) groups excluding carboxylic acids is 1. The van der Waals surface area contributed by atoms with Crippen LogP contribution in [0.1, 0.15) is 18.9 Å². The van der Waals surface area contributed by atoms with Crippen molar-refractivity contribution in [1.82, 2.24) is 0 Å². The van der Waals surface area contributed by atoms with Crippen LogP contribution < -0.4 is 5.19 Å². The van der Waals surface area contributed by atoms with Crippen molar-refractivity contribution < 1.29 is 4.79 Å². The second kappa shape index (κ2) is 4.26. The highest BCUT2D eigenvalue weighted by Crippen LogP contribution is 2.43. The van der Waals surface area contributed by atoms with Gasteiger partial charge in [0.05, 0.1) is 8.07 Å². The maximum atomic E-state index is 10.9. The molecule has 0 saturated carbocycles. The molecule has 0 N–H and O–H groups in total. The lowest BCUT2D eigenvalue weighted by atomic mass is 9.82. The highest BCUT2D eigenvalue weighted by atomic mass is 28.3. The zero-order chi connectivity index (χ0) is 12.5. The van der Waals surface area contributed by atoms with Gasteiger partial charge in [-0.15, -0.1) is 6.58 Å². The van der Waals surface area contributed by atoms with Crippen LogP contribution in [0.4, 0.5) is 0 Å². The summed E-state index contributed by atoms with van der Waals surface area (Å²) in [6, 6.07) is 11.0. The van der Waals surface area contributed by atoms with Crippen molar-refractivity contribution in [3.05, 3.63) is 42.5 Å². The molecule has 1 aromatic rings. The quantitative estimate of drug-likeness (QED) is 0.452. The minimum Gasteiger partial charge on any atom is -0.303 e. The molecule has 17 heavy (non-hydrogen) atoms. The molecule has 0 aliphatic carbocycles. The van der Waals surface area contributed by atoms with E-state index in [0.717, 1.165) is 12.3 Å². The Morgan fingerprint density at radius 3 is 2.82 bits per heavy atom. The minimum absolute atomic E-state index is 0.0579. The van der Waals surface area contributed by atoms with Crippen LogP contribution in [0.25, 0.3) is 0 Å². The summed E-state index contributed by atoms with van der Waals surface area (Å²) in [6.07, 6.45) is 3.77. The molecule has 2 atom stereocenters. The third kappa shape index (κ3) is 1.91. The van der Waals surface area contributed by atoms with Gasteiger partial charge in [0.25, 0.3) is 0 Å². The van der Waals surface area contributed by atoms with Gasteiger partial charge < -0.3 is 4.79 Å². The molecule has 0 spiro atoms. The van der Waals surface area contributed by atoms with Crippen LogP contribution in [0.2, 0.25) is 18.6 Å². The number of allylic oxidation sites excluding steroid dienone is 1. The summed E-state index contributed by atoms with van der Waals surface area (Å²) in [5.74, 6) is 0. The number of fused-ring (bicyclic) bond motifs is 1. The fraction of sp³-hybridized carbons (Fsp3) is 0.400. The molecule has 2 rings (SSSR count). The van der Waals surface area contributed by atoms with E-state index in [1.165, 1.54) is 16.8 Å². The predicted octanol–water partition coefficient (Wildman–Crippen LogP) is 3.02. The smallest absolute Gasteiger partial charge is 0.120 e. The van der Waals surface area contributed by atoms with Crippen molar-refractivity contribution in [3.8, 4) is 0 Å². The molecule has 1 heterocycles. The lowest BCUT2D eigenvalue weighted by Crippen LogP contribution is -2.41. The van der Waals surface area contributed by atoms with Gasteiger partial charge in [0, 0.05) is 6.42 Å². The van der Waals surface area contributed by atoms with Crippen LogP contribution in [-0.2, 0) is 10.2 Å². The van der Waals surface area contributed by atoms with E-state index in [0.29, 0.717) is 6.42 Å². The van der Waals surface area contributed by atoms with Gasteiger partial charge in [0.2, 0.25) is 0 Å². The van der Waals surface area contributed by atoms with Gasteiger partial charge in [-0.25, -0.2) is 0 Å². The summed E-state index contributed by atoms with van der Waals surface area (Å²) in [4.78, 5) is 10.9. The second-order valence-electron chi connectivity index (χ2n) is 5.71. The molecule has 0 bridgehead atoms. The van der Waals surface area contributed by atoms with Gasteiger partial charge in [0.15, 0.2) is 0 Å². The van der Waals surface area contributed by atoms with Crippen LogP contribution in [-0.4, -0.2) is 14.4 Å². The van der Waals surface area contributed by atoms with Crippen LogP contribution in [0.15, 0.2) is 36.9 Å². The molecule has 2 heteroatoms. The summed E-state index contributed by atoms with van der Waals surface area (Å²) < 4.78 is 0. The van der Waals surface area contributed by atoms with Gasteiger partial charge >= 0.3 is 0 Å².